The molecule has 0 aliphatic carbocycles. The van der Waals surface area contributed by atoms with Crippen LogP contribution in [0, 0.1) is 0 Å². The smallest absolute Gasteiger partial charge is 0.278 e. The second-order valence-electron chi connectivity index (χ2n) is 4.28. The molecule has 0 radical (unpaired) electrons. The Morgan fingerprint density at radius 1 is 1.37 bits per heavy atom. The van der Waals surface area contributed by atoms with E-state index >= 15 is 0 Å². The summed E-state index contributed by atoms with van der Waals surface area (Å²) in [5.41, 5.74) is -0.0608. The number of rotatable bonds is 2. The van der Waals surface area contributed by atoms with Crippen LogP contribution in [-0.2, 0) is 4.74 Å². The first kappa shape index (κ1) is 12.2. The predicted molar refractivity (Wildman–Crippen MR) is 61.2 cm³/mol. The van der Waals surface area contributed by atoms with E-state index in [1.54, 1.807) is 0 Å². The first-order chi connectivity index (χ1) is 9.13. The van der Waals surface area contributed by atoms with E-state index in [2.05, 4.69) is 15.0 Å². The summed E-state index contributed by atoms with van der Waals surface area (Å²) in [7, 11) is 0. The zero-order valence-electron chi connectivity index (χ0n) is 9.67. The average Bonchev–Trinajstić information content (AvgIpc) is 2.94. The van der Waals surface area contributed by atoms with Crippen LogP contribution in [0.1, 0.15) is 6.23 Å². The third kappa shape index (κ3) is 1.75. The van der Waals surface area contributed by atoms with E-state index < -0.39 is 36.7 Å². The third-order valence-corrected chi connectivity index (χ3v) is 3.16. The maximum absolute atomic E-state index is 11.5. The van der Waals surface area contributed by atoms with Gasteiger partial charge in [0.2, 0.25) is 0 Å². The van der Waals surface area contributed by atoms with Crippen molar-refractivity contribution in [3.63, 3.8) is 0 Å². The molecule has 1 saturated heterocycles. The van der Waals surface area contributed by atoms with Crippen LogP contribution in [0.15, 0.2) is 17.4 Å². The summed E-state index contributed by atoms with van der Waals surface area (Å²) in [6, 6.07) is 0. The molecule has 0 bridgehead atoms. The number of nitrogens with zero attached hydrogens (tertiary/aromatic N) is 3. The van der Waals surface area contributed by atoms with Gasteiger partial charge in [0.1, 0.15) is 18.3 Å². The summed E-state index contributed by atoms with van der Waals surface area (Å²) in [5, 5.41) is 28.6. The van der Waals surface area contributed by atoms with Crippen LogP contribution >= 0.6 is 0 Å². The van der Waals surface area contributed by atoms with Gasteiger partial charge in [-0.15, -0.1) is 0 Å². The Bertz CT molecular complexity index is 653. The number of fused-ring (bicyclic) bond motifs is 1. The highest BCUT2D eigenvalue weighted by Gasteiger charge is 2.43. The summed E-state index contributed by atoms with van der Waals surface area (Å²) < 4.78 is 6.70. The van der Waals surface area contributed by atoms with E-state index in [-0.39, 0.29) is 11.2 Å². The van der Waals surface area contributed by atoms with E-state index in [1.165, 1.54) is 17.2 Å². The van der Waals surface area contributed by atoms with Gasteiger partial charge in [0.15, 0.2) is 17.4 Å². The number of imidazole rings is 1. The van der Waals surface area contributed by atoms with Crippen LogP contribution < -0.4 is 5.56 Å². The summed E-state index contributed by atoms with van der Waals surface area (Å²) in [6.45, 7) is -0.421. The topological polar surface area (TPSA) is 133 Å². The van der Waals surface area contributed by atoms with Crippen LogP contribution in [0.4, 0.5) is 0 Å². The maximum atomic E-state index is 11.5. The number of ether oxygens (including phenoxy) is 1. The Hall–Kier alpha value is -1.81. The Kier molecular flexibility index (Phi) is 2.82. The lowest BCUT2D eigenvalue weighted by atomic mass is 10.1. The monoisotopic (exact) mass is 268 g/mol. The molecular weight excluding hydrogens is 256 g/mol. The van der Waals surface area contributed by atoms with Crippen LogP contribution in [0.5, 0.6) is 0 Å². The highest BCUT2D eigenvalue weighted by molar-refractivity contribution is 5.68. The SMILES string of the molecule is O=c1[nH]cnc2c1ncn2[C@@H]1OC(CO)C(O)C1O. The van der Waals surface area contributed by atoms with Gasteiger partial charge in [-0.1, -0.05) is 0 Å². The zero-order chi connectivity index (χ0) is 13.6. The quantitative estimate of drug-likeness (QED) is 0.482. The second kappa shape index (κ2) is 4.38. The lowest BCUT2D eigenvalue weighted by molar-refractivity contribution is -0.0511. The summed E-state index contributed by atoms with van der Waals surface area (Å²) in [4.78, 5) is 21.8. The first-order valence-electron chi connectivity index (χ1n) is 5.66. The molecule has 0 aromatic carbocycles. The standard InChI is InChI=1S/C10H12N4O5/c15-1-4-6(16)7(17)10(19-4)14-3-13-5-8(14)11-2-12-9(5)18/h2-4,6-7,10,15-17H,1H2,(H,11,12,18)/t4?,6?,7?,10-/m1/s1. The predicted octanol–water partition coefficient (Wildman–Crippen LogP) is -2.27. The van der Waals surface area contributed by atoms with Crippen LogP contribution in [0.2, 0.25) is 0 Å². The van der Waals surface area contributed by atoms with Gasteiger partial charge < -0.3 is 25.0 Å². The average molecular weight is 268 g/mol. The largest absolute Gasteiger partial charge is 0.394 e. The van der Waals surface area contributed by atoms with Crippen LogP contribution in [0.25, 0.3) is 11.2 Å². The van der Waals surface area contributed by atoms with Gasteiger partial charge in [0, 0.05) is 0 Å². The van der Waals surface area contributed by atoms with Crippen molar-refractivity contribution in [3.8, 4) is 0 Å². The van der Waals surface area contributed by atoms with Gasteiger partial charge >= 0.3 is 0 Å². The molecule has 9 nitrogen and oxygen atoms in total. The van der Waals surface area contributed by atoms with E-state index in [1.807, 2.05) is 0 Å². The molecule has 102 valence electrons. The number of aromatic amines is 1. The molecule has 2 aromatic rings. The lowest BCUT2D eigenvalue weighted by Crippen LogP contribution is -2.33. The van der Waals surface area contributed by atoms with Crippen LogP contribution in [-0.4, -0.2) is 59.8 Å². The molecule has 0 amide bonds. The molecule has 3 rings (SSSR count). The van der Waals surface area contributed by atoms with Gasteiger partial charge in [0.05, 0.1) is 19.3 Å². The maximum Gasteiger partial charge on any atom is 0.278 e. The van der Waals surface area contributed by atoms with Crippen molar-refractivity contribution in [2.45, 2.75) is 24.5 Å². The van der Waals surface area contributed by atoms with Gasteiger partial charge in [-0.25, -0.2) is 9.97 Å². The number of aromatic nitrogens is 4. The molecule has 0 spiro atoms. The Labute approximate surface area is 106 Å². The van der Waals surface area contributed by atoms with Crippen molar-refractivity contribution in [3.05, 3.63) is 23.0 Å². The minimum absolute atomic E-state index is 0.111. The Balaban J connectivity index is 2.06. The Morgan fingerprint density at radius 2 is 2.16 bits per heavy atom. The molecule has 1 aliphatic heterocycles. The zero-order valence-corrected chi connectivity index (χ0v) is 9.67. The fourth-order valence-corrected chi connectivity index (χ4v) is 2.16. The summed E-state index contributed by atoms with van der Waals surface area (Å²) in [6.07, 6.45) is -1.78. The second-order valence-corrected chi connectivity index (χ2v) is 4.28. The van der Waals surface area contributed by atoms with Gasteiger partial charge in [-0.05, 0) is 0 Å². The van der Waals surface area contributed by atoms with E-state index in [0.717, 1.165) is 0 Å². The number of H-pyrrole nitrogens is 1. The fourth-order valence-electron chi connectivity index (χ4n) is 2.16. The molecule has 19 heavy (non-hydrogen) atoms. The summed E-state index contributed by atoms with van der Waals surface area (Å²) >= 11 is 0. The minimum Gasteiger partial charge on any atom is -0.394 e. The highest BCUT2D eigenvalue weighted by Crippen LogP contribution is 2.30. The van der Waals surface area contributed by atoms with Gasteiger partial charge in [0.25, 0.3) is 5.56 Å². The van der Waals surface area contributed by atoms with Crippen molar-refractivity contribution in [2.24, 2.45) is 0 Å². The van der Waals surface area contributed by atoms with Crippen molar-refractivity contribution < 1.29 is 20.1 Å². The van der Waals surface area contributed by atoms with Gasteiger partial charge in [-0.2, -0.15) is 0 Å². The molecule has 4 atom stereocenters. The number of nitrogens with one attached hydrogen (secondary N) is 1. The fraction of sp³-hybridized carbons (Fsp3) is 0.500. The van der Waals surface area contributed by atoms with E-state index in [4.69, 9.17) is 9.84 Å². The van der Waals surface area contributed by atoms with Crippen molar-refractivity contribution >= 4 is 11.2 Å². The molecule has 1 fully saturated rings. The normalized spacial score (nSPS) is 31.1. The van der Waals surface area contributed by atoms with Crippen molar-refractivity contribution in [1.82, 2.24) is 19.5 Å². The number of aliphatic hydroxyl groups is 3. The first-order valence-corrected chi connectivity index (χ1v) is 5.66. The molecule has 3 heterocycles. The van der Waals surface area contributed by atoms with E-state index in [0.29, 0.717) is 0 Å². The molecule has 9 heteroatoms. The highest BCUT2D eigenvalue weighted by atomic mass is 16.6. The number of aliphatic hydroxyl groups excluding tert-OH is 3. The van der Waals surface area contributed by atoms with E-state index in [9.17, 15) is 15.0 Å². The molecule has 1 aliphatic rings. The van der Waals surface area contributed by atoms with Crippen molar-refractivity contribution in [1.29, 1.82) is 0 Å². The lowest BCUT2D eigenvalue weighted by Gasteiger charge is -2.16. The Morgan fingerprint density at radius 3 is 2.84 bits per heavy atom. The third-order valence-electron chi connectivity index (χ3n) is 3.16. The molecule has 4 N–H and O–H groups in total. The molecule has 0 saturated carbocycles. The van der Waals surface area contributed by atoms with Crippen molar-refractivity contribution in [2.75, 3.05) is 6.61 Å². The molecule has 3 unspecified atom stereocenters. The summed E-state index contributed by atoms with van der Waals surface area (Å²) in [5.74, 6) is 0. The minimum atomic E-state index is -1.24. The number of hydrogen-bond acceptors (Lipinski definition) is 7. The number of hydrogen-bond donors (Lipinski definition) is 4. The van der Waals surface area contributed by atoms with Gasteiger partial charge in [-0.3, -0.25) is 9.36 Å². The molecular formula is C10H12N4O5. The molecule has 2 aromatic heterocycles. The van der Waals surface area contributed by atoms with Crippen LogP contribution in [0.3, 0.4) is 0 Å².